The SMILES string of the molecule is CS(=O)(=O)c1ccc(NC(=O)CN2C(=O)[C@H]3CCCC3=Nc3ccccc32)cc1. The predicted octanol–water partition coefficient (Wildman–Crippen LogP) is 2.95. The van der Waals surface area contributed by atoms with Crippen LogP contribution in [0.2, 0.25) is 0 Å². The summed E-state index contributed by atoms with van der Waals surface area (Å²) >= 11 is 0. The van der Waals surface area contributed by atoms with Crippen molar-refractivity contribution in [3.63, 3.8) is 0 Å². The largest absolute Gasteiger partial charge is 0.325 e. The molecule has 1 N–H and O–H groups in total. The summed E-state index contributed by atoms with van der Waals surface area (Å²) in [7, 11) is -3.30. The van der Waals surface area contributed by atoms with E-state index in [0.717, 1.165) is 31.2 Å². The molecule has 0 saturated heterocycles. The molecular formula is C21H21N3O4S. The second-order valence-electron chi connectivity index (χ2n) is 7.31. The number of aliphatic imine (C=N–C) groups is 1. The minimum absolute atomic E-state index is 0.103. The molecule has 2 aromatic rings. The second-order valence-corrected chi connectivity index (χ2v) is 9.32. The molecule has 150 valence electrons. The molecule has 2 aromatic carbocycles. The van der Waals surface area contributed by atoms with Crippen LogP contribution in [0.4, 0.5) is 17.1 Å². The molecule has 8 heteroatoms. The molecule has 1 atom stereocenters. The van der Waals surface area contributed by atoms with Gasteiger partial charge in [0.2, 0.25) is 11.8 Å². The smallest absolute Gasteiger partial charge is 0.244 e. The van der Waals surface area contributed by atoms with Crippen molar-refractivity contribution in [3.8, 4) is 0 Å². The van der Waals surface area contributed by atoms with Crippen LogP contribution in [-0.4, -0.2) is 38.7 Å². The van der Waals surface area contributed by atoms with Crippen molar-refractivity contribution in [1.29, 1.82) is 0 Å². The Balaban J connectivity index is 1.55. The van der Waals surface area contributed by atoms with Gasteiger partial charge in [-0.05, 0) is 55.7 Å². The van der Waals surface area contributed by atoms with E-state index in [1.54, 1.807) is 6.07 Å². The van der Waals surface area contributed by atoms with Gasteiger partial charge in [0.1, 0.15) is 6.54 Å². The third kappa shape index (κ3) is 3.93. The predicted molar refractivity (Wildman–Crippen MR) is 111 cm³/mol. The zero-order valence-corrected chi connectivity index (χ0v) is 16.8. The van der Waals surface area contributed by atoms with Crippen LogP contribution < -0.4 is 10.2 Å². The van der Waals surface area contributed by atoms with Gasteiger partial charge in [-0.2, -0.15) is 0 Å². The number of amides is 2. The number of fused-ring (bicyclic) bond motifs is 2. The first-order valence-electron chi connectivity index (χ1n) is 9.41. The Kier molecular flexibility index (Phi) is 4.96. The van der Waals surface area contributed by atoms with Crippen molar-refractivity contribution >= 4 is 44.4 Å². The van der Waals surface area contributed by atoms with E-state index in [-0.39, 0.29) is 29.2 Å². The third-order valence-corrected chi connectivity index (χ3v) is 6.33. The highest BCUT2D eigenvalue weighted by Gasteiger charge is 2.37. The quantitative estimate of drug-likeness (QED) is 0.837. The first-order valence-corrected chi connectivity index (χ1v) is 11.3. The third-order valence-electron chi connectivity index (χ3n) is 5.20. The number of hydrogen-bond donors (Lipinski definition) is 1. The van der Waals surface area contributed by atoms with Crippen LogP contribution in [0.15, 0.2) is 58.4 Å². The number of benzene rings is 2. The normalized spacial score (nSPS) is 18.5. The summed E-state index contributed by atoms with van der Waals surface area (Å²) in [4.78, 5) is 32.2. The van der Waals surface area contributed by atoms with Crippen LogP contribution in [-0.2, 0) is 19.4 Å². The van der Waals surface area contributed by atoms with Crippen LogP contribution >= 0.6 is 0 Å². The van der Waals surface area contributed by atoms with E-state index in [1.807, 2.05) is 18.2 Å². The molecule has 1 heterocycles. The molecule has 1 fully saturated rings. The first kappa shape index (κ1) is 19.3. The monoisotopic (exact) mass is 411 g/mol. The number of para-hydroxylation sites is 2. The van der Waals surface area contributed by atoms with E-state index < -0.39 is 9.84 Å². The average Bonchev–Trinajstić information content (AvgIpc) is 3.10. The molecule has 4 rings (SSSR count). The second kappa shape index (κ2) is 7.44. The Labute approximate surface area is 169 Å². The fourth-order valence-corrected chi connectivity index (χ4v) is 4.40. The van der Waals surface area contributed by atoms with Crippen LogP contribution in [0.25, 0.3) is 0 Å². The molecule has 1 aliphatic carbocycles. The fourth-order valence-electron chi connectivity index (χ4n) is 3.77. The molecule has 1 aliphatic heterocycles. The Morgan fingerprint density at radius 3 is 2.62 bits per heavy atom. The molecular weight excluding hydrogens is 390 g/mol. The number of rotatable bonds is 4. The number of nitrogens with zero attached hydrogens (tertiary/aromatic N) is 2. The van der Waals surface area contributed by atoms with E-state index in [4.69, 9.17) is 4.99 Å². The van der Waals surface area contributed by atoms with Crippen molar-refractivity contribution in [2.24, 2.45) is 10.9 Å². The molecule has 2 amide bonds. The van der Waals surface area contributed by atoms with Gasteiger partial charge in [0.05, 0.1) is 22.2 Å². The summed E-state index contributed by atoms with van der Waals surface area (Å²) in [5.41, 5.74) is 2.69. The lowest BCUT2D eigenvalue weighted by Crippen LogP contribution is -2.41. The number of hydrogen-bond acceptors (Lipinski definition) is 5. The van der Waals surface area contributed by atoms with E-state index in [9.17, 15) is 18.0 Å². The van der Waals surface area contributed by atoms with Gasteiger partial charge in [0, 0.05) is 17.7 Å². The van der Waals surface area contributed by atoms with Crippen LogP contribution in [0.3, 0.4) is 0 Å². The van der Waals surface area contributed by atoms with Crippen molar-refractivity contribution in [2.75, 3.05) is 23.0 Å². The lowest BCUT2D eigenvalue weighted by atomic mass is 10.1. The number of nitrogens with one attached hydrogen (secondary N) is 1. The van der Waals surface area contributed by atoms with Crippen LogP contribution in [0.5, 0.6) is 0 Å². The van der Waals surface area contributed by atoms with E-state index in [1.165, 1.54) is 29.2 Å². The molecule has 0 unspecified atom stereocenters. The zero-order chi connectivity index (χ0) is 20.6. The summed E-state index contributed by atoms with van der Waals surface area (Å²) < 4.78 is 23.1. The average molecular weight is 411 g/mol. The zero-order valence-electron chi connectivity index (χ0n) is 16.0. The van der Waals surface area contributed by atoms with Crippen molar-refractivity contribution in [3.05, 3.63) is 48.5 Å². The topological polar surface area (TPSA) is 95.9 Å². The molecule has 0 aromatic heterocycles. The van der Waals surface area contributed by atoms with Gasteiger partial charge in [0.15, 0.2) is 9.84 Å². The maximum absolute atomic E-state index is 13.1. The van der Waals surface area contributed by atoms with Crippen molar-refractivity contribution in [1.82, 2.24) is 0 Å². The summed E-state index contributed by atoms with van der Waals surface area (Å²) in [6, 6.07) is 13.3. The van der Waals surface area contributed by atoms with E-state index >= 15 is 0 Å². The minimum atomic E-state index is -3.30. The molecule has 2 aliphatic rings. The van der Waals surface area contributed by atoms with Crippen molar-refractivity contribution < 1.29 is 18.0 Å². The van der Waals surface area contributed by atoms with Gasteiger partial charge in [-0.15, -0.1) is 0 Å². The Bertz CT molecular complexity index is 1110. The molecule has 0 spiro atoms. The minimum Gasteiger partial charge on any atom is -0.325 e. The fraction of sp³-hybridized carbons (Fsp3) is 0.286. The Hall–Kier alpha value is -3.00. The summed E-state index contributed by atoms with van der Waals surface area (Å²) in [5.74, 6) is -0.736. The molecule has 0 radical (unpaired) electrons. The molecule has 1 saturated carbocycles. The van der Waals surface area contributed by atoms with Gasteiger partial charge >= 0.3 is 0 Å². The summed E-state index contributed by atoms with van der Waals surface area (Å²) in [5, 5.41) is 2.73. The highest BCUT2D eigenvalue weighted by Crippen LogP contribution is 2.37. The van der Waals surface area contributed by atoms with Gasteiger partial charge in [-0.3, -0.25) is 14.6 Å². The lowest BCUT2D eigenvalue weighted by molar-refractivity contribution is -0.122. The lowest BCUT2D eigenvalue weighted by Gasteiger charge is -2.24. The number of sulfone groups is 1. The summed E-state index contributed by atoms with van der Waals surface area (Å²) in [6.07, 6.45) is 3.60. The van der Waals surface area contributed by atoms with Gasteiger partial charge in [-0.25, -0.2) is 8.42 Å². The van der Waals surface area contributed by atoms with Gasteiger partial charge in [-0.1, -0.05) is 12.1 Å². The first-order chi connectivity index (χ1) is 13.8. The highest BCUT2D eigenvalue weighted by molar-refractivity contribution is 7.90. The number of carbonyl (C=O) groups excluding carboxylic acids is 2. The van der Waals surface area contributed by atoms with Gasteiger partial charge in [0.25, 0.3) is 0 Å². The van der Waals surface area contributed by atoms with E-state index in [2.05, 4.69) is 5.32 Å². The van der Waals surface area contributed by atoms with Gasteiger partial charge < -0.3 is 10.2 Å². The molecule has 0 bridgehead atoms. The summed E-state index contributed by atoms with van der Waals surface area (Å²) in [6.45, 7) is -0.136. The maximum atomic E-state index is 13.1. The van der Waals surface area contributed by atoms with Crippen LogP contribution in [0, 0.1) is 5.92 Å². The Morgan fingerprint density at radius 1 is 1.17 bits per heavy atom. The van der Waals surface area contributed by atoms with Crippen LogP contribution in [0.1, 0.15) is 19.3 Å². The maximum Gasteiger partial charge on any atom is 0.244 e. The molecule has 7 nitrogen and oxygen atoms in total. The van der Waals surface area contributed by atoms with E-state index in [0.29, 0.717) is 17.1 Å². The number of carbonyl (C=O) groups is 2. The highest BCUT2D eigenvalue weighted by atomic mass is 32.2. The van der Waals surface area contributed by atoms with Crippen molar-refractivity contribution in [2.45, 2.75) is 24.2 Å². The standard InChI is InChI=1S/C21H21N3O4S/c1-29(27,28)15-11-9-14(10-12-15)22-20(25)13-24-19-8-3-2-6-18(19)23-17-7-4-5-16(17)21(24)26/h2-3,6,8-12,16H,4-5,7,13H2,1H3,(H,22,25)/t16-/m0/s1. The number of anilines is 2. The Morgan fingerprint density at radius 2 is 1.90 bits per heavy atom. The molecule has 29 heavy (non-hydrogen) atoms.